The number of aromatic nitrogens is 2. The molecule has 0 saturated heterocycles. The lowest BCUT2D eigenvalue weighted by atomic mass is 9.49. The first-order chi connectivity index (χ1) is 13.1. The van der Waals surface area contributed by atoms with Crippen LogP contribution in [0.25, 0.3) is 11.0 Å². The standard InChI is InChI=1S/C21H25N3O3/c25-19(27-12-18-23-16-3-1-2-4-17(16)24-18)11-22-20(26)21-8-13-5-14(9-21)7-15(6-13)10-21/h1-4,13-15H,5-12H2,(H,22,26)(H,23,24). The molecule has 4 bridgehead atoms. The number of esters is 1. The number of nitrogens with one attached hydrogen (secondary N) is 2. The second-order valence-electron chi connectivity index (χ2n) is 8.74. The Kier molecular flexibility index (Phi) is 3.95. The molecule has 4 fully saturated rings. The summed E-state index contributed by atoms with van der Waals surface area (Å²) in [5.74, 6) is 2.37. The van der Waals surface area contributed by atoms with Crippen molar-refractivity contribution < 1.29 is 14.3 Å². The number of fused-ring (bicyclic) bond motifs is 1. The average Bonchev–Trinajstić information content (AvgIpc) is 3.06. The van der Waals surface area contributed by atoms with Gasteiger partial charge in [-0.25, -0.2) is 4.98 Å². The van der Waals surface area contributed by atoms with Crippen LogP contribution in [0.3, 0.4) is 0 Å². The van der Waals surface area contributed by atoms with Gasteiger partial charge in [0.05, 0.1) is 11.0 Å². The topological polar surface area (TPSA) is 84.1 Å². The fourth-order valence-electron chi connectivity index (χ4n) is 6.00. The van der Waals surface area contributed by atoms with Gasteiger partial charge in [0.1, 0.15) is 19.0 Å². The van der Waals surface area contributed by atoms with Crippen LogP contribution in [0.5, 0.6) is 0 Å². The van der Waals surface area contributed by atoms with Crippen molar-refractivity contribution in [3.05, 3.63) is 30.1 Å². The fraction of sp³-hybridized carbons (Fsp3) is 0.571. The lowest BCUT2D eigenvalue weighted by molar-refractivity contribution is -0.151. The quantitative estimate of drug-likeness (QED) is 0.796. The number of hydrogen-bond donors (Lipinski definition) is 2. The van der Waals surface area contributed by atoms with E-state index in [-0.39, 0.29) is 24.5 Å². The number of rotatable bonds is 5. The number of aromatic amines is 1. The molecule has 4 aliphatic rings. The summed E-state index contributed by atoms with van der Waals surface area (Å²) in [4.78, 5) is 32.5. The molecule has 27 heavy (non-hydrogen) atoms. The molecule has 6 heteroatoms. The molecule has 4 saturated carbocycles. The van der Waals surface area contributed by atoms with Gasteiger partial charge in [0.25, 0.3) is 0 Å². The molecule has 0 radical (unpaired) electrons. The molecule has 1 amide bonds. The summed E-state index contributed by atoms with van der Waals surface area (Å²) < 4.78 is 5.28. The molecule has 142 valence electrons. The van der Waals surface area contributed by atoms with E-state index in [1.165, 1.54) is 19.3 Å². The first-order valence-electron chi connectivity index (χ1n) is 9.97. The Bertz CT molecular complexity index is 819. The lowest BCUT2D eigenvalue weighted by Gasteiger charge is -2.55. The van der Waals surface area contributed by atoms with Crippen molar-refractivity contribution in [2.45, 2.75) is 45.1 Å². The normalized spacial score (nSPS) is 31.2. The molecule has 0 spiro atoms. The molecule has 2 aromatic rings. The summed E-state index contributed by atoms with van der Waals surface area (Å²) in [6.45, 7) is 0.0154. The summed E-state index contributed by atoms with van der Waals surface area (Å²) in [7, 11) is 0. The number of carbonyl (C=O) groups is 2. The molecule has 1 heterocycles. The fourth-order valence-corrected chi connectivity index (χ4v) is 6.00. The second-order valence-corrected chi connectivity index (χ2v) is 8.74. The predicted octanol–water partition coefficient (Wildman–Crippen LogP) is 2.94. The number of H-pyrrole nitrogens is 1. The zero-order valence-electron chi connectivity index (χ0n) is 15.4. The molecule has 1 aromatic heterocycles. The minimum absolute atomic E-state index is 0.0577. The van der Waals surface area contributed by atoms with Gasteiger partial charge in [0.15, 0.2) is 0 Å². The molecule has 6 rings (SSSR count). The van der Waals surface area contributed by atoms with E-state index >= 15 is 0 Å². The zero-order chi connectivity index (χ0) is 18.4. The van der Waals surface area contributed by atoms with Crippen LogP contribution >= 0.6 is 0 Å². The molecule has 0 unspecified atom stereocenters. The first kappa shape index (κ1) is 16.8. The second kappa shape index (κ2) is 6.36. The monoisotopic (exact) mass is 367 g/mol. The number of carbonyl (C=O) groups excluding carboxylic acids is 2. The van der Waals surface area contributed by atoms with Crippen molar-refractivity contribution in [2.24, 2.45) is 23.2 Å². The van der Waals surface area contributed by atoms with Crippen LogP contribution < -0.4 is 5.32 Å². The number of benzene rings is 1. The minimum atomic E-state index is -0.423. The summed E-state index contributed by atoms with van der Waals surface area (Å²) in [5.41, 5.74) is 1.53. The Hall–Kier alpha value is -2.37. The van der Waals surface area contributed by atoms with Gasteiger partial charge in [0.2, 0.25) is 5.91 Å². The van der Waals surface area contributed by atoms with Gasteiger partial charge in [-0.05, 0) is 68.4 Å². The Morgan fingerprint density at radius 3 is 2.44 bits per heavy atom. The highest BCUT2D eigenvalue weighted by Crippen LogP contribution is 2.60. The number of ether oxygens (including phenoxy) is 1. The van der Waals surface area contributed by atoms with E-state index < -0.39 is 5.97 Å². The maximum atomic E-state index is 12.9. The van der Waals surface area contributed by atoms with Gasteiger partial charge in [-0.15, -0.1) is 0 Å². The summed E-state index contributed by atoms with van der Waals surface area (Å²) in [6.07, 6.45) is 6.89. The molecule has 6 nitrogen and oxygen atoms in total. The molecular weight excluding hydrogens is 342 g/mol. The van der Waals surface area contributed by atoms with Crippen LogP contribution in [0.1, 0.15) is 44.3 Å². The number of nitrogens with zero attached hydrogens (tertiary/aromatic N) is 1. The third kappa shape index (κ3) is 3.11. The van der Waals surface area contributed by atoms with Gasteiger partial charge < -0.3 is 15.0 Å². The summed E-state index contributed by atoms with van der Waals surface area (Å²) in [5, 5.41) is 2.86. The Labute approximate surface area is 158 Å². The van der Waals surface area contributed by atoms with Crippen LogP contribution in [-0.2, 0) is 20.9 Å². The van der Waals surface area contributed by atoms with Crippen LogP contribution in [0.2, 0.25) is 0 Å². The van der Waals surface area contributed by atoms with Gasteiger partial charge in [-0.3, -0.25) is 9.59 Å². The lowest BCUT2D eigenvalue weighted by Crippen LogP contribution is -2.54. The Morgan fingerprint density at radius 2 is 1.78 bits per heavy atom. The van der Waals surface area contributed by atoms with Crippen LogP contribution in [-0.4, -0.2) is 28.4 Å². The summed E-state index contributed by atoms with van der Waals surface area (Å²) in [6, 6.07) is 7.68. The van der Waals surface area contributed by atoms with Crippen LogP contribution in [0.15, 0.2) is 24.3 Å². The number of hydrogen-bond acceptors (Lipinski definition) is 4. The molecule has 0 atom stereocenters. The molecule has 1 aromatic carbocycles. The zero-order valence-corrected chi connectivity index (χ0v) is 15.4. The van der Waals surface area contributed by atoms with Gasteiger partial charge in [-0.1, -0.05) is 12.1 Å². The van der Waals surface area contributed by atoms with E-state index in [1.807, 2.05) is 24.3 Å². The van der Waals surface area contributed by atoms with E-state index in [4.69, 9.17) is 4.74 Å². The summed E-state index contributed by atoms with van der Waals surface area (Å²) >= 11 is 0. The number of para-hydroxylation sites is 2. The van der Waals surface area contributed by atoms with Crippen molar-refractivity contribution in [1.29, 1.82) is 0 Å². The minimum Gasteiger partial charge on any atom is -0.456 e. The van der Waals surface area contributed by atoms with Gasteiger partial charge >= 0.3 is 5.97 Å². The van der Waals surface area contributed by atoms with E-state index in [0.717, 1.165) is 30.3 Å². The van der Waals surface area contributed by atoms with Crippen molar-refractivity contribution in [2.75, 3.05) is 6.54 Å². The molecular formula is C21H25N3O3. The van der Waals surface area contributed by atoms with E-state index in [9.17, 15) is 9.59 Å². The predicted molar refractivity (Wildman–Crippen MR) is 99.5 cm³/mol. The third-order valence-electron chi connectivity index (χ3n) is 6.72. The average molecular weight is 367 g/mol. The van der Waals surface area contributed by atoms with Crippen LogP contribution in [0.4, 0.5) is 0 Å². The molecule has 2 N–H and O–H groups in total. The number of imidazole rings is 1. The van der Waals surface area contributed by atoms with Gasteiger partial charge in [0, 0.05) is 5.41 Å². The maximum Gasteiger partial charge on any atom is 0.325 e. The third-order valence-corrected chi connectivity index (χ3v) is 6.72. The SMILES string of the molecule is O=C(CNC(=O)C12CC3CC(CC(C3)C1)C2)OCc1nc2ccccc2[nH]1. The van der Waals surface area contributed by atoms with E-state index in [0.29, 0.717) is 23.6 Å². The Morgan fingerprint density at radius 1 is 1.11 bits per heavy atom. The largest absolute Gasteiger partial charge is 0.456 e. The van der Waals surface area contributed by atoms with E-state index in [2.05, 4.69) is 15.3 Å². The molecule has 4 aliphatic carbocycles. The van der Waals surface area contributed by atoms with Crippen molar-refractivity contribution >= 4 is 22.9 Å². The van der Waals surface area contributed by atoms with E-state index in [1.54, 1.807) is 0 Å². The Balaban J connectivity index is 1.14. The van der Waals surface area contributed by atoms with Crippen LogP contribution in [0, 0.1) is 23.2 Å². The highest BCUT2D eigenvalue weighted by Gasteiger charge is 2.54. The van der Waals surface area contributed by atoms with Crippen molar-refractivity contribution in [1.82, 2.24) is 15.3 Å². The smallest absolute Gasteiger partial charge is 0.325 e. The van der Waals surface area contributed by atoms with Crippen molar-refractivity contribution in [3.63, 3.8) is 0 Å². The highest BCUT2D eigenvalue weighted by atomic mass is 16.5. The first-order valence-corrected chi connectivity index (χ1v) is 9.97. The van der Waals surface area contributed by atoms with Gasteiger partial charge in [-0.2, -0.15) is 0 Å². The van der Waals surface area contributed by atoms with Crippen molar-refractivity contribution in [3.8, 4) is 0 Å². The highest BCUT2D eigenvalue weighted by molar-refractivity contribution is 5.86. The number of amides is 1. The maximum absolute atomic E-state index is 12.9. The molecule has 0 aliphatic heterocycles.